The summed E-state index contributed by atoms with van der Waals surface area (Å²) in [6.45, 7) is 8.06. The third-order valence-corrected chi connectivity index (χ3v) is 3.38. The third kappa shape index (κ3) is 2.08. The van der Waals surface area contributed by atoms with E-state index in [2.05, 4.69) is 13.8 Å². The van der Waals surface area contributed by atoms with Gasteiger partial charge in [0.05, 0.1) is 5.92 Å². The van der Waals surface area contributed by atoms with Crippen LogP contribution in [0.4, 0.5) is 0 Å². The van der Waals surface area contributed by atoms with Gasteiger partial charge in [-0.25, -0.2) is 0 Å². The highest BCUT2D eigenvalue weighted by Gasteiger charge is 2.34. The van der Waals surface area contributed by atoms with Crippen LogP contribution in [0.5, 0.6) is 0 Å². The van der Waals surface area contributed by atoms with Crippen LogP contribution in [-0.4, -0.2) is 28.9 Å². The van der Waals surface area contributed by atoms with E-state index in [1.165, 1.54) is 0 Å². The van der Waals surface area contributed by atoms with Crippen LogP contribution in [0.2, 0.25) is 0 Å². The van der Waals surface area contributed by atoms with Gasteiger partial charge in [0.2, 0.25) is 5.91 Å². The molecule has 1 heterocycles. The molecule has 3 heteroatoms. The minimum absolute atomic E-state index is 0.0532. The highest BCUT2D eigenvalue weighted by atomic mass is 16.2. The van der Waals surface area contributed by atoms with Crippen molar-refractivity contribution < 1.29 is 4.79 Å². The Balaban J connectivity index is 2.68. The van der Waals surface area contributed by atoms with Crippen LogP contribution in [0.1, 0.15) is 40.5 Å². The van der Waals surface area contributed by atoms with Crippen molar-refractivity contribution in [3.05, 3.63) is 0 Å². The first-order valence-electron chi connectivity index (χ1n) is 5.53. The number of hydrogen-bond acceptors (Lipinski definition) is 2. The first kappa shape index (κ1) is 11.5. The van der Waals surface area contributed by atoms with Crippen molar-refractivity contribution in [1.29, 1.82) is 0 Å². The lowest BCUT2D eigenvalue weighted by molar-refractivity contribution is -0.137. The molecule has 0 aliphatic carbocycles. The molecule has 0 bridgehead atoms. The molecule has 3 nitrogen and oxygen atoms in total. The van der Waals surface area contributed by atoms with Crippen LogP contribution in [-0.2, 0) is 4.79 Å². The topological polar surface area (TPSA) is 46.3 Å². The Hall–Kier alpha value is -0.570. The van der Waals surface area contributed by atoms with Gasteiger partial charge in [0.25, 0.3) is 0 Å². The lowest BCUT2D eigenvalue weighted by Gasteiger charge is -2.30. The average molecular weight is 198 g/mol. The zero-order valence-electron chi connectivity index (χ0n) is 9.66. The van der Waals surface area contributed by atoms with Gasteiger partial charge in [0, 0.05) is 18.1 Å². The highest BCUT2D eigenvalue weighted by Crippen LogP contribution is 2.25. The van der Waals surface area contributed by atoms with Gasteiger partial charge in [-0.15, -0.1) is 0 Å². The Labute approximate surface area is 86.6 Å². The van der Waals surface area contributed by atoms with E-state index in [0.29, 0.717) is 12.1 Å². The Morgan fingerprint density at radius 2 is 1.71 bits per heavy atom. The van der Waals surface area contributed by atoms with Gasteiger partial charge in [0.15, 0.2) is 0 Å². The van der Waals surface area contributed by atoms with Crippen molar-refractivity contribution >= 4 is 5.91 Å². The number of amides is 1. The van der Waals surface area contributed by atoms with E-state index in [4.69, 9.17) is 5.73 Å². The van der Waals surface area contributed by atoms with E-state index in [-0.39, 0.29) is 17.9 Å². The van der Waals surface area contributed by atoms with Gasteiger partial charge >= 0.3 is 0 Å². The van der Waals surface area contributed by atoms with Gasteiger partial charge in [0.1, 0.15) is 0 Å². The summed E-state index contributed by atoms with van der Waals surface area (Å²) in [5, 5.41) is 0. The number of rotatable bonds is 2. The largest absolute Gasteiger partial charge is 0.337 e. The molecule has 0 aromatic heterocycles. The van der Waals surface area contributed by atoms with Crippen LogP contribution < -0.4 is 5.73 Å². The van der Waals surface area contributed by atoms with Crippen molar-refractivity contribution in [3.63, 3.8) is 0 Å². The van der Waals surface area contributed by atoms with Crippen LogP contribution in [0.3, 0.4) is 0 Å². The minimum Gasteiger partial charge on any atom is -0.337 e. The second kappa shape index (κ2) is 4.30. The molecule has 0 radical (unpaired) electrons. The second-order valence-corrected chi connectivity index (χ2v) is 4.67. The molecule has 0 spiro atoms. The zero-order valence-corrected chi connectivity index (χ0v) is 9.66. The fourth-order valence-corrected chi connectivity index (χ4v) is 2.09. The summed E-state index contributed by atoms with van der Waals surface area (Å²) in [6, 6.07) is 0.722. The standard InChI is InChI=1S/C11H22N2O/c1-7-5-6-8(2)13(7)11(14)9(3)10(4)12/h7-10H,5-6,12H2,1-4H3/t7-,8?,9?,10?/m1/s1. The minimum atomic E-state index is -0.0574. The average Bonchev–Trinajstić information content (AvgIpc) is 2.44. The number of hydrogen-bond donors (Lipinski definition) is 1. The predicted molar refractivity (Wildman–Crippen MR) is 57.8 cm³/mol. The third-order valence-electron chi connectivity index (χ3n) is 3.38. The quantitative estimate of drug-likeness (QED) is 0.728. The summed E-state index contributed by atoms with van der Waals surface area (Å²) >= 11 is 0. The maximum absolute atomic E-state index is 12.1. The highest BCUT2D eigenvalue weighted by molar-refractivity contribution is 5.80. The molecule has 1 amide bonds. The van der Waals surface area contributed by atoms with Crippen molar-refractivity contribution in [2.75, 3.05) is 0 Å². The first-order valence-corrected chi connectivity index (χ1v) is 5.53. The fraction of sp³-hybridized carbons (Fsp3) is 0.909. The Kier molecular flexibility index (Phi) is 3.53. The molecular weight excluding hydrogens is 176 g/mol. The molecule has 4 atom stereocenters. The maximum Gasteiger partial charge on any atom is 0.227 e. The molecule has 0 aromatic rings. The molecule has 0 aromatic carbocycles. The number of likely N-dealkylation sites (tertiary alicyclic amines) is 1. The Morgan fingerprint density at radius 1 is 1.29 bits per heavy atom. The summed E-state index contributed by atoms with van der Waals surface area (Å²) in [4.78, 5) is 14.1. The van der Waals surface area contributed by atoms with Gasteiger partial charge in [-0.3, -0.25) is 4.79 Å². The number of nitrogens with two attached hydrogens (primary N) is 1. The summed E-state index contributed by atoms with van der Waals surface area (Å²) < 4.78 is 0. The van der Waals surface area contributed by atoms with Crippen LogP contribution in [0.25, 0.3) is 0 Å². The molecule has 3 unspecified atom stereocenters. The predicted octanol–water partition coefficient (Wildman–Crippen LogP) is 1.37. The normalized spacial score (nSPS) is 31.6. The van der Waals surface area contributed by atoms with E-state index in [9.17, 15) is 4.79 Å². The van der Waals surface area contributed by atoms with Gasteiger partial charge in [-0.1, -0.05) is 6.92 Å². The fourth-order valence-electron chi connectivity index (χ4n) is 2.09. The summed E-state index contributed by atoms with van der Waals surface area (Å²) in [6.07, 6.45) is 2.25. The molecule has 0 saturated carbocycles. The summed E-state index contributed by atoms with van der Waals surface area (Å²) in [7, 11) is 0. The SMILES string of the molecule is CC(N)C(C)C(=O)N1C(C)CC[C@H]1C. The van der Waals surface area contributed by atoms with Gasteiger partial charge in [-0.05, 0) is 33.6 Å². The molecule has 2 N–H and O–H groups in total. The molecule has 1 rings (SSSR count). The zero-order chi connectivity index (χ0) is 10.9. The molecular formula is C11H22N2O. The van der Waals surface area contributed by atoms with E-state index >= 15 is 0 Å². The summed E-state index contributed by atoms with van der Waals surface area (Å²) in [5.74, 6) is 0.163. The van der Waals surface area contributed by atoms with Crippen molar-refractivity contribution in [3.8, 4) is 0 Å². The van der Waals surface area contributed by atoms with Crippen molar-refractivity contribution in [1.82, 2.24) is 4.90 Å². The molecule has 1 aliphatic heterocycles. The van der Waals surface area contributed by atoms with E-state index in [0.717, 1.165) is 12.8 Å². The molecule has 1 aliphatic rings. The monoisotopic (exact) mass is 198 g/mol. The van der Waals surface area contributed by atoms with Gasteiger partial charge < -0.3 is 10.6 Å². The first-order chi connectivity index (χ1) is 6.45. The van der Waals surface area contributed by atoms with E-state index in [1.54, 1.807) is 0 Å². The molecule has 82 valence electrons. The number of carbonyl (C=O) groups excluding carboxylic acids is 1. The lowest BCUT2D eigenvalue weighted by atomic mass is 10.0. The Morgan fingerprint density at radius 3 is 2.07 bits per heavy atom. The molecule has 1 saturated heterocycles. The number of carbonyl (C=O) groups is 1. The Bertz CT molecular complexity index is 205. The molecule has 14 heavy (non-hydrogen) atoms. The number of nitrogens with zero attached hydrogens (tertiary/aromatic N) is 1. The second-order valence-electron chi connectivity index (χ2n) is 4.67. The van der Waals surface area contributed by atoms with E-state index < -0.39 is 0 Å². The smallest absolute Gasteiger partial charge is 0.227 e. The van der Waals surface area contributed by atoms with Crippen molar-refractivity contribution in [2.24, 2.45) is 11.7 Å². The van der Waals surface area contributed by atoms with Crippen LogP contribution >= 0.6 is 0 Å². The lowest BCUT2D eigenvalue weighted by Crippen LogP contribution is -2.45. The summed E-state index contributed by atoms with van der Waals surface area (Å²) in [5.41, 5.74) is 5.75. The van der Waals surface area contributed by atoms with Crippen LogP contribution in [0.15, 0.2) is 0 Å². The van der Waals surface area contributed by atoms with E-state index in [1.807, 2.05) is 18.7 Å². The van der Waals surface area contributed by atoms with Crippen LogP contribution in [0, 0.1) is 5.92 Å². The van der Waals surface area contributed by atoms with Crippen molar-refractivity contribution in [2.45, 2.75) is 58.7 Å². The molecule has 1 fully saturated rings. The maximum atomic E-state index is 12.1. The van der Waals surface area contributed by atoms with Gasteiger partial charge in [-0.2, -0.15) is 0 Å².